The summed E-state index contributed by atoms with van der Waals surface area (Å²) in [7, 11) is 0. The summed E-state index contributed by atoms with van der Waals surface area (Å²) in [5.41, 5.74) is 0. The van der Waals surface area contributed by atoms with E-state index >= 15 is 0 Å². The van der Waals surface area contributed by atoms with Crippen LogP contribution in [0.2, 0.25) is 0 Å². The van der Waals surface area contributed by atoms with Gasteiger partial charge in [0.1, 0.15) is 0 Å². The van der Waals surface area contributed by atoms with E-state index in [4.69, 9.17) is 0 Å². The highest BCUT2D eigenvalue weighted by molar-refractivity contribution is 5.73. The number of carbonyl (C=O) groups excluding carboxylic acids is 1. The van der Waals surface area contributed by atoms with Gasteiger partial charge in [0.15, 0.2) is 0 Å². The molecule has 2 aliphatic heterocycles. The molecule has 0 aliphatic carbocycles. The molecule has 20 heavy (non-hydrogen) atoms. The zero-order valence-corrected chi connectivity index (χ0v) is 13.4. The summed E-state index contributed by atoms with van der Waals surface area (Å²) in [6, 6.07) is 1.22. The Labute approximate surface area is 123 Å². The second-order valence-electron chi connectivity index (χ2n) is 6.51. The molecule has 116 valence electrons. The topological polar surface area (TPSA) is 35.6 Å². The molecule has 1 amide bonds. The summed E-state index contributed by atoms with van der Waals surface area (Å²) >= 11 is 0. The fourth-order valence-corrected chi connectivity index (χ4v) is 3.64. The summed E-state index contributed by atoms with van der Waals surface area (Å²) in [6.07, 6.45) is 4.87. The van der Waals surface area contributed by atoms with E-state index in [1.807, 2.05) is 4.90 Å². The Morgan fingerprint density at radius 3 is 2.25 bits per heavy atom. The maximum atomic E-state index is 11.3. The number of nitrogens with zero attached hydrogens (tertiary/aromatic N) is 2. The number of nitrogens with one attached hydrogen (secondary N) is 1. The first-order chi connectivity index (χ1) is 9.60. The molecule has 0 aromatic carbocycles. The quantitative estimate of drug-likeness (QED) is 0.852. The van der Waals surface area contributed by atoms with E-state index in [1.165, 1.54) is 32.5 Å². The number of likely N-dealkylation sites (tertiary alicyclic amines) is 2. The molecule has 4 heteroatoms. The van der Waals surface area contributed by atoms with Crippen molar-refractivity contribution in [2.75, 3.05) is 32.7 Å². The smallest absolute Gasteiger partial charge is 0.219 e. The average Bonchev–Trinajstić information content (AvgIpc) is 2.48. The van der Waals surface area contributed by atoms with Gasteiger partial charge in [-0.15, -0.1) is 0 Å². The summed E-state index contributed by atoms with van der Waals surface area (Å²) < 4.78 is 0. The lowest BCUT2D eigenvalue weighted by Crippen LogP contribution is -2.49. The minimum absolute atomic E-state index is 0.225. The second-order valence-corrected chi connectivity index (χ2v) is 6.51. The molecule has 2 saturated heterocycles. The normalized spacial score (nSPS) is 24.9. The second kappa shape index (κ2) is 7.41. The monoisotopic (exact) mass is 281 g/mol. The molecule has 2 fully saturated rings. The first kappa shape index (κ1) is 15.8. The molecule has 1 unspecified atom stereocenters. The standard InChI is InChI=1S/C16H31N3O/c1-4-18-9-5-15(6-10-18)13(2)17-16-7-11-19(12-8-16)14(3)20/h13,15-17H,4-12H2,1-3H3. The highest BCUT2D eigenvalue weighted by Gasteiger charge is 2.27. The molecule has 1 N–H and O–H groups in total. The number of carbonyl (C=O) groups is 1. The molecule has 2 rings (SSSR count). The van der Waals surface area contributed by atoms with Crippen LogP contribution in [0, 0.1) is 5.92 Å². The highest BCUT2D eigenvalue weighted by atomic mass is 16.2. The van der Waals surface area contributed by atoms with Gasteiger partial charge in [0.2, 0.25) is 5.91 Å². The highest BCUT2D eigenvalue weighted by Crippen LogP contribution is 2.22. The number of hydrogen-bond acceptors (Lipinski definition) is 3. The zero-order chi connectivity index (χ0) is 14.5. The molecule has 0 spiro atoms. The lowest BCUT2D eigenvalue weighted by molar-refractivity contribution is -0.129. The maximum Gasteiger partial charge on any atom is 0.219 e. The Balaban J connectivity index is 1.70. The number of piperidine rings is 2. The van der Waals surface area contributed by atoms with Crippen molar-refractivity contribution in [3.8, 4) is 0 Å². The minimum Gasteiger partial charge on any atom is -0.343 e. The fourth-order valence-electron chi connectivity index (χ4n) is 3.64. The first-order valence-corrected chi connectivity index (χ1v) is 8.34. The molecular weight excluding hydrogens is 250 g/mol. The van der Waals surface area contributed by atoms with E-state index in [2.05, 4.69) is 24.1 Å². The summed E-state index contributed by atoms with van der Waals surface area (Å²) in [4.78, 5) is 15.9. The first-order valence-electron chi connectivity index (χ1n) is 8.34. The van der Waals surface area contributed by atoms with Crippen LogP contribution < -0.4 is 5.32 Å². The lowest BCUT2D eigenvalue weighted by Gasteiger charge is -2.38. The van der Waals surface area contributed by atoms with E-state index in [-0.39, 0.29) is 5.91 Å². The average molecular weight is 281 g/mol. The van der Waals surface area contributed by atoms with Crippen molar-refractivity contribution in [1.29, 1.82) is 0 Å². The third kappa shape index (κ3) is 4.19. The van der Waals surface area contributed by atoms with Crippen LogP contribution in [0.4, 0.5) is 0 Å². The Morgan fingerprint density at radius 1 is 1.15 bits per heavy atom. The molecule has 4 nitrogen and oxygen atoms in total. The van der Waals surface area contributed by atoms with Gasteiger partial charge in [-0.2, -0.15) is 0 Å². The Hall–Kier alpha value is -0.610. The Morgan fingerprint density at radius 2 is 1.75 bits per heavy atom. The van der Waals surface area contributed by atoms with Gasteiger partial charge in [-0.25, -0.2) is 0 Å². The number of rotatable bonds is 4. The van der Waals surface area contributed by atoms with Gasteiger partial charge in [-0.1, -0.05) is 6.92 Å². The zero-order valence-electron chi connectivity index (χ0n) is 13.4. The predicted octanol–water partition coefficient (Wildman–Crippen LogP) is 1.71. The lowest BCUT2D eigenvalue weighted by atomic mass is 9.89. The summed E-state index contributed by atoms with van der Waals surface area (Å²) in [5, 5.41) is 3.82. The summed E-state index contributed by atoms with van der Waals surface area (Å²) in [6.45, 7) is 11.8. The third-order valence-electron chi connectivity index (χ3n) is 5.23. The maximum absolute atomic E-state index is 11.3. The van der Waals surface area contributed by atoms with E-state index in [1.54, 1.807) is 6.92 Å². The van der Waals surface area contributed by atoms with Gasteiger partial charge in [0.25, 0.3) is 0 Å². The molecule has 2 heterocycles. The van der Waals surface area contributed by atoms with Crippen LogP contribution in [-0.4, -0.2) is 60.5 Å². The molecule has 2 aliphatic rings. The molecule has 0 aromatic rings. The van der Waals surface area contributed by atoms with Crippen LogP contribution in [0.25, 0.3) is 0 Å². The Kier molecular flexibility index (Phi) is 5.85. The van der Waals surface area contributed by atoms with Crippen LogP contribution in [-0.2, 0) is 4.79 Å². The number of amides is 1. The minimum atomic E-state index is 0.225. The number of hydrogen-bond donors (Lipinski definition) is 1. The van der Waals surface area contributed by atoms with Crippen LogP contribution in [0.5, 0.6) is 0 Å². The molecule has 0 radical (unpaired) electrons. The SMILES string of the molecule is CCN1CCC(C(C)NC2CCN(C(C)=O)CC2)CC1. The van der Waals surface area contributed by atoms with Crippen LogP contribution in [0.1, 0.15) is 46.5 Å². The summed E-state index contributed by atoms with van der Waals surface area (Å²) in [5.74, 6) is 1.05. The van der Waals surface area contributed by atoms with E-state index in [0.717, 1.165) is 31.8 Å². The van der Waals surface area contributed by atoms with Crippen molar-refractivity contribution < 1.29 is 4.79 Å². The van der Waals surface area contributed by atoms with Crippen molar-refractivity contribution in [2.24, 2.45) is 5.92 Å². The molecule has 0 saturated carbocycles. The van der Waals surface area contributed by atoms with Gasteiger partial charge >= 0.3 is 0 Å². The van der Waals surface area contributed by atoms with Gasteiger partial charge < -0.3 is 15.1 Å². The Bertz CT molecular complexity index is 305. The van der Waals surface area contributed by atoms with E-state index < -0.39 is 0 Å². The van der Waals surface area contributed by atoms with Crippen LogP contribution in [0.3, 0.4) is 0 Å². The fraction of sp³-hybridized carbons (Fsp3) is 0.938. The van der Waals surface area contributed by atoms with Crippen molar-refractivity contribution in [3.05, 3.63) is 0 Å². The molecule has 0 aromatic heterocycles. The van der Waals surface area contributed by atoms with Gasteiger partial charge in [0, 0.05) is 32.1 Å². The third-order valence-corrected chi connectivity index (χ3v) is 5.23. The van der Waals surface area contributed by atoms with E-state index in [0.29, 0.717) is 12.1 Å². The van der Waals surface area contributed by atoms with Gasteiger partial charge in [-0.05, 0) is 58.2 Å². The van der Waals surface area contributed by atoms with Crippen molar-refractivity contribution >= 4 is 5.91 Å². The van der Waals surface area contributed by atoms with Crippen LogP contribution >= 0.6 is 0 Å². The molecular formula is C16H31N3O. The van der Waals surface area contributed by atoms with Gasteiger partial charge in [-0.3, -0.25) is 4.79 Å². The van der Waals surface area contributed by atoms with Crippen molar-refractivity contribution in [2.45, 2.75) is 58.5 Å². The predicted molar refractivity (Wildman–Crippen MR) is 82.7 cm³/mol. The molecule has 0 bridgehead atoms. The molecule has 1 atom stereocenters. The van der Waals surface area contributed by atoms with Crippen LogP contribution in [0.15, 0.2) is 0 Å². The largest absolute Gasteiger partial charge is 0.343 e. The van der Waals surface area contributed by atoms with E-state index in [9.17, 15) is 4.79 Å². The van der Waals surface area contributed by atoms with Gasteiger partial charge in [0.05, 0.1) is 0 Å². The van der Waals surface area contributed by atoms with Crippen molar-refractivity contribution in [1.82, 2.24) is 15.1 Å². The van der Waals surface area contributed by atoms with Crippen molar-refractivity contribution in [3.63, 3.8) is 0 Å².